The highest BCUT2D eigenvalue weighted by Gasteiger charge is 2.04. The van der Waals surface area contributed by atoms with Crippen LogP contribution in [-0.2, 0) is 6.54 Å². The highest BCUT2D eigenvalue weighted by molar-refractivity contribution is 7.80. The zero-order valence-corrected chi connectivity index (χ0v) is 11.7. The molecule has 17 heavy (non-hydrogen) atoms. The van der Waals surface area contributed by atoms with E-state index in [2.05, 4.69) is 5.32 Å². The van der Waals surface area contributed by atoms with E-state index >= 15 is 0 Å². The van der Waals surface area contributed by atoms with Crippen LogP contribution in [0.2, 0.25) is 10.0 Å². The Balaban J connectivity index is 2.50. The van der Waals surface area contributed by atoms with E-state index in [1.807, 2.05) is 13.1 Å². The molecule has 1 rings (SSSR count). The van der Waals surface area contributed by atoms with E-state index in [0.29, 0.717) is 28.2 Å². The van der Waals surface area contributed by atoms with Gasteiger partial charge in [0.05, 0.1) is 16.7 Å². The minimum Gasteiger partial charge on any atom is -0.395 e. The van der Waals surface area contributed by atoms with E-state index < -0.39 is 0 Å². The van der Waals surface area contributed by atoms with E-state index in [1.54, 1.807) is 17.0 Å². The van der Waals surface area contributed by atoms with Crippen molar-refractivity contribution in [2.24, 2.45) is 0 Å². The maximum absolute atomic E-state index is 8.78. The van der Waals surface area contributed by atoms with Crippen LogP contribution in [0.15, 0.2) is 18.2 Å². The lowest BCUT2D eigenvalue weighted by atomic mass is 10.2. The maximum Gasteiger partial charge on any atom is 0.169 e. The van der Waals surface area contributed by atoms with Crippen LogP contribution in [0.3, 0.4) is 0 Å². The number of nitrogens with zero attached hydrogens (tertiary/aromatic N) is 1. The molecule has 6 heteroatoms. The van der Waals surface area contributed by atoms with Crippen LogP contribution in [-0.4, -0.2) is 35.3 Å². The van der Waals surface area contributed by atoms with Crippen molar-refractivity contribution in [3.8, 4) is 0 Å². The third-order valence-corrected chi connectivity index (χ3v) is 3.40. The van der Waals surface area contributed by atoms with Crippen LogP contribution in [0.25, 0.3) is 0 Å². The number of benzene rings is 1. The lowest BCUT2D eigenvalue weighted by Crippen LogP contribution is -2.38. The molecule has 0 aliphatic heterocycles. The van der Waals surface area contributed by atoms with Gasteiger partial charge in [0.25, 0.3) is 0 Å². The summed E-state index contributed by atoms with van der Waals surface area (Å²) < 4.78 is 0. The van der Waals surface area contributed by atoms with Gasteiger partial charge < -0.3 is 15.3 Å². The van der Waals surface area contributed by atoms with Gasteiger partial charge in [0.1, 0.15) is 0 Å². The number of likely N-dealkylation sites (N-methyl/N-ethyl adjacent to an activating group) is 1. The lowest BCUT2D eigenvalue weighted by molar-refractivity contribution is 0.263. The molecule has 0 aromatic heterocycles. The van der Waals surface area contributed by atoms with Crippen molar-refractivity contribution in [2.45, 2.75) is 6.54 Å². The maximum atomic E-state index is 8.78. The van der Waals surface area contributed by atoms with Gasteiger partial charge in [-0.2, -0.15) is 0 Å². The largest absolute Gasteiger partial charge is 0.395 e. The second-order valence-electron chi connectivity index (χ2n) is 3.55. The van der Waals surface area contributed by atoms with Crippen LogP contribution >= 0.6 is 35.4 Å². The lowest BCUT2D eigenvalue weighted by Gasteiger charge is -2.19. The van der Waals surface area contributed by atoms with Crippen molar-refractivity contribution in [1.82, 2.24) is 10.2 Å². The Kier molecular flexibility index (Phi) is 5.98. The summed E-state index contributed by atoms with van der Waals surface area (Å²) in [7, 11) is 1.82. The van der Waals surface area contributed by atoms with Crippen LogP contribution in [0.1, 0.15) is 5.56 Å². The smallest absolute Gasteiger partial charge is 0.169 e. The summed E-state index contributed by atoms with van der Waals surface area (Å²) in [5, 5.41) is 13.5. The molecule has 0 saturated carbocycles. The SMILES string of the molecule is CN(CCO)C(=S)NCc1ccc(Cl)c(Cl)c1. The molecule has 0 bridgehead atoms. The van der Waals surface area contributed by atoms with Crippen LogP contribution < -0.4 is 5.32 Å². The Bertz CT molecular complexity index is 401. The molecular weight excluding hydrogens is 279 g/mol. The predicted molar refractivity (Wildman–Crippen MR) is 75.6 cm³/mol. The van der Waals surface area contributed by atoms with Gasteiger partial charge in [0.2, 0.25) is 0 Å². The van der Waals surface area contributed by atoms with Crippen molar-refractivity contribution in [3.63, 3.8) is 0 Å². The molecule has 0 aliphatic rings. The Morgan fingerprint density at radius 3 is 2.71 bits per heavy atom. The molecule has 0 aliphatic carbocycles. The fourth-order valence-electron chi connectivity index (χ4n) is 1.21. The van der Waals surface area contributed by atoms with E-state index in [9.17, 15) is 0 Å². The summed E-state index contributed by atoms with van der Waals surface area (Å²) in [4.78, 5) is 1.77. The number of hydrogen-bond acceptors (Lipinski definition) is 2. The molecule has 94 valence electrons. The monoisotopic (exact) mass is 292 g/mol. The third kappa shape index (κ3) is 4.68. The second-order valence-corrected chi connectivity index (χ2v) is 4.75. The molecule has 0 atom stereocenters. The standard InChI is InChI=1S/C11H14Cl2N2OS/c1-15(4-5-16)11(17)14-7-8-2-3-9(12)10(13)6-8/h2-3,6,16H,4-5,7H2,1H3,(H,14,17). The quantitative estimate of drug-likeness (QED) is 0.835. The molecule has 3 nitrogen and oxygen atoms in total. The van der Waals surface area contributed by atoms with Crippen molar-refractivity contribution in [2.75, 3.05) is 20.2 Å². The van der Waals surface area contributed by atoms with Gasteiger partial charge in [0, 0.05) is 20.1 Å². The molecule has 0 heterocycles. The van der Waals surface area contributed by atoms with Crippen molar-refractivity contribution in [3.05, 3.63) is 33.8 Å². The van der Waals surface area contributed by atoms with Crippen LogP contribution in [0.5, 0.6) is 0 Å². The molecule has 0 spiro atoms. The van der Waals surface area contributed by atoms with Crippen molar-refractivity contribution in [1.29, 1.82) is 0 Å². The first-order valence-corrected chi connectivity index (χ1v) is 6.24. The van der Waals surface area contributed by atoms with E-state index in [1.165, 1.54) is 0 Å². The minimum absolute atomic E-state index is 0.0745. The summed E-state index contributed by atoms with van der Waals surface area (Å²) in [6.07, 6.45) is 0. The number of halogens is 2. The summed E-state index contributed by atoms with van der Waals surface area (Å²) in [5.74, 6) is 0. The number of nitrogens with one attached hydrogen (secondary N) is 1. The van der Waals surface area contributed by atoms with Crippen molar-refractivity contribution < 1.29 is 5.11 Å². The van der Waals surface area contributed by atoms with E-state index in [4.69, 9.17) is 40.5 Å². The first-order chi connectivity index (χ1) is 8.04. The number of aliphatic hydroxyl groups is 1. The molecule has 0 amide bonds. The van der Waals surface area contributed by atoms with Gasteiger partial charge in [-0.1, -0.05) is 29.3 Å². The first kappa shape index (κ1) is 14.5. The zero-order chi connectivity index (χ0) is 12.8. The third-order valence-electron chi connectivity index (χ3n) is 2.21. The molecule has 0 unspecified atom stereocenters. The number of rotatable bonds is 4. The summed E-state index contributed by atoms with van der Waals surface area (Å²) >= 11 is 16.9. The fourth-order valence-corrected chi connectivity index (χ4v) is 1.70. The van der Waals surface area contributed by atoms with Crippen LogP contribution in [0.4, 0.5) is 0 Å². The molecule has 2 N–H and O–H groups in total. The Morgan fingerprint density at radius 2 is 2.12 bits per heavy atom. The second kappa shape index (κ2) is 7.01. The predicted octanol–water partition coefficient (Wildman–Crippen LogP) is 2.29. The zero-order valence-electron chi connectivity index (χ0n) is 9.41. The van der Waals surface area contributed by atoms with Gasteiger partial charge in [-0.15, -0.1) is 0 Å². The Hall–Kier alpha value is -0.550. The average molecular weight is 293 g/mol. The van der Waals surface area contributed by atoms with Gasteiger partial charge in [-0.25, -0.2) is 0 Å². The molecule has 1 aromatic carbocycles. The molecule has 0 radical (unpaired) electrons. The van der Waals surface area contributed by atoms with Gasteiger partial charge in [0.15, 0.2) is 5.11 Å². The van der Waals surface area contributed by atoms with E-state index in [0.717, 1.165) is 5.56 Å². The first-order valence-electron chi connectivity index (χ1n) is 5.08. The highest BCUT2D eigenvalue weighted by Crippen LogP contribution is 2.22. The molecule has 1 aromatic rings. The number of thiocarbonyl (C=S) groups is 1. The van der Waals surface area contributed by atoms with Gasteiger partial charge in [-0.3, -0.25) is 0 Å². The normalized spacial score (nSPS) is 10.1. The van der Waals surface area contributed by atoms with E-state index in [-0.39, 0.29) is 6.61 Å². The molecule has 0 fully saturated rings. The summed E-state index contributed by atoms with van der Waals surface area (Å²) in [6.45, 7) is 1.16. The Labute approximate surface area is 116 Å². The molecule has 0 saturated heterocycles. The van der Waals surface area contributed by atoms with Gasteiger partial charge >= 0.3 is 0 Å². The average Bonchev–Trinajstić information content (AvgIpc) is 2.30. The van der Waals surface area contributed by atoms with Crippen molar-refractivity contribution >= 4 is 40.5 Å². The molecular formula is C11H14Cl2N2OS. The minimum atomic E-state index is 0.0745. The van der Waals surface area contributed by atoms with Crippen LogP contribution in [0, 0.1) is 0 Å². The van der Waals surface area contributed by atoms with Gasteiger partial charge in [-0.05, 0) is 29.9 Å². The highest BCUT2D eigenvalue weighted by atomic mass is 35.5. The number of hydrogen-bond donors (Lipinski definition) is 2. The summed E-state index contributed by atoms with van der Waals surface area (Å²) in [5.41, 5.74) is 0.999. The Morgan fingerprint density at radius 1 is 1.41 bits per heavy atom. The summed E-state index contributed by atoms with van der Waals surface area (Å²) in [6, 6.07) is 5.43. The topological polar surface area (TPSA) is 35.5 Å². The number of aliphatic hydroxyl groups excluding tert-OH is 1. The fraction of sp³-hybridized carbons (Fsp3) is 0.364.